The Morgan fingerprint density at radius 3 is 2.69 bits per heavy atom. The van der Waals surface area contributed by atoms with Crippen LogP contribution in [0.3, 0.4) is 0 Å². The van der Waals surface area contributed by atoms with Crippen LogP contribution in [0, 0.1) is 5.92 Å². The number of benzene rings is 1. The van der Waals surface area contributed by atoms with Gasteiger partial charge >= 0.3 is 0 Å². The molecule has 214 valence electrons. The van der Waals surface area contributed by atoms with E-state index < -0.39 is 0 Å². The minimum atomic E-state index is -0.0300. The molecule has 0 unspecified atom stereocenters. The lowest BCUT2D eigenvalue weighted by Gasteiger charge is -2.28. The van der Waals surface area contributed by atoms with E-state index >= 15 is 0 Å². The average molecular weight is 566 g/mol. The highest BCUT2D eigenvalue weighted by Crippen LogP contribution is 2.34. The van der Waals surface area contributed by atoms with Crippen LogP contribution in [0.25, 0.3) is 27.9 Å². The summed E-state index contributed by atoms with van der Waals surface area (Å²) in [4.78, 5) is 26.4. The van der Waals surface area contributed by atoms with E-state index in [1.165, 1.54) is 0 Å². The van der Waals surface area contributed by atoms with E-state index in [0.29, 0.717) is 48.3 Å². The number of rotatable bonds is 8. The summed E-state index contributed by atoms with van der Waals surface area (Å²) in [6.07, 6.45) is 5.57. The first kappa shape index (κ1) is 26.1. The monoisotopic (exact) mass is 565 g/mol. The first-order valence-electron chi connectivity index (χ1n) is 14.1. The molecule has 0 atom stereocenters. The molecule has 0 spiro atoms. The maximum atomic E-state index is 12.5. The predicted molar refractivity (Wildman–Crippen MR) is 159 cm³/mol. The molecule has 0 bridgehead atoms. The van der Waals surface area contributed by atoms with Gasteiger partial charge in [0, 0.05) is 49.7 Å². The van der Waals surface area contributed by atoms with E-state index in [1.807, 2.05) is 54.5 Å². The first-order chi connectivity index (χ1) is 20.6. The van der Waals surface area contributed by atoms with Crippen LogP contribution in [0.2, 0.25) is 0 Å². The molecular weight excluding hydrogens is 534 g/mol. The van der Waals surface area contributed by atoms with Gasteiger partial charge in [-0.05, 0) is 48.7 Å². The largest absolute Gasteiger partial charge is 0.497 e. The molecule has 42 heavy (non-hydrogen) atoms. The molecule has 1 saturated heterocycles. The third-order valence-corrected chi connectivity index (χ3v) is 7.68. The van der Waals surface area contributed by atoms with Crippen LogP contribution in [0.5, 0.6) is 5.75 Å². The molecule has 2 aliphatic rings. The van der Waals surface area contributed by atoms with E-state index in [-0.39, 0.29) is 11.8 Å². The molecule has 5 heterocycles. The summed E-state index contributed by atoms with van der Waals surface area (Å²) >= 11 is 0. The smallest absolute Gasteiger partial charge is 0.228 e. The van der Waals surface area contributed by atoms with Crippen LogP contribution in [0.4, 0.5) is 17.3 Å². The van der Waals surface area contributed by atoms with Gasteiger partial charge in [0.05, 0.1) is 32.2 Å². The summed E-state index contributed by atoms with van der Waals surface area (Å²) < 4.78 is 12.6. The van der Waals surface area contributed by atoms with Gasteiger partial charge in [-0.1, -0.05) is 12.1 Å². The molecule has 1 amide bonds. The molecule has 1 aliphatic heterocycles. The second-order valence-corrected chi connectivity index (χ2v) is 10.7. The van der Waals surface area contributed by atoms with Gasteiger partial charge < -0.3 is 24.6 Å². The van der Waals surface area contributed by atoms with E-state index in [4.69, 9.17) is 24.5 Å². The number of fused-ring (bicyclic) bond motifs is 2. The quantitative estimate of drug-likeness (QED) is 0.299. The van der Waals surface area contributed by atoms with Crippen LogP contribution in [-0.2, 0) is 16.1 Å². The number of nitrogens with zero attached hydrogens (tertiary/aromatic N) is 8. The van der Waals surface area contributed by atoms with Crippen molar-refractivity contribution in [3.8, 4) is 17.1 Å². The zero-order valence-corrected chi connectivity index (χ0v) is 23.5. The second-order valence-electron chi connectivity index (χ2n) is 10.7. The lowest BCUT2D eigenvalue weighted by Crippen LogP contribution is -2.36. The Labute approximate surface area is 242 Å². The molecule has 1 N–H and O–H groups in total. The molecule has 7 rings (SSSR count). The zero-order chi connectivity index (χ0) is 28.6. The van der Waals surface area contributed by atoms with Crippen molar-refractivity contribution in [3.05, 3.63) is 60.4 Å². The highest BCUT2D eigenvalue weighted by Gasteiger charge is 2.30. The van der Waals surface area contributed by atoms with Crippen molar-refractivity contribution in [2.24, 2.45) is 5.92 Å². The van der Waals surface area contributed by atoms with Crippen LogP contribution >= 0.6 is 0 Å². The van der Waals surface area contributed by atoms with Gasteiger partial charge in [-0.15, -0.1) is 15.3 Å². The molecule has 1 aromatic carbocycles. The first-order valence-corrected chi connectivity index (χ1v) is 14.1. The third-order valence-electron chi connectivity index (χ3n) is 7.68. The summed E-state index contributed by atoms with van der Waals surface area (Å²) in [6.45, 7) is 3.68. The number of morpholine rings is 1. The Bertz CT molecular complexity index is 1760. The molecule has 0 radical (unpaired) electrons. The number of ether oxygens (including phenoxy) is 2. The van der Waals surface area contributed by atoms with E-state index in [1.54, 1.807) is 17.8 Å². The Balaban J connectivity index is 1.27. The number of anilines is 3. The standard InChI is InChI=1S/C30H31N9O3/c1-37(17-19-3-8-22(41-2)9-4-19)29-27-23(15-25(34-35-27)32-30(40)20-5-6-20)24(16-31-29)28-33-26-10-7-21(18-39(26)36-28)38-11-13-42-14-12-38/h3-4,7-10,15-16,18,20H,5-6,11-14,17H2,1-2H3,(H,32,34,40). The van der Waals surface area contributed by atoms with Crippen LogP contribution < -0.4 is 19.9 Å². The van der Waals surface area contributed by atoms with Gasteiger partial charge in [0.25, 0.3) is 0 Å². The maximum absolute atomic E-state index is 12.5. The molecule has 12 heteroatoms. The van der Waals surface area contributed by atoms with E-state index in [0.717, 1.165) is 54.0 Å². The molecule has 1 saturated carbocycles. The predicted octanol–water partition coefficient (Wildman–Crippen LogP) is 3.56. The summed E-state index contributed by atoms with van der Waals surface area (Å²) in [5, 5.41) is 17.4. The zero-order valence-electron chi connectivity index (χ0n) is 23.5. The fourth-order valence-corrected chi connectivity index (χ4v) is 5.19. The molecule has 5 aromatic rings. The number of carbonyl (C=O) groups is 1. The van der Waals surface area contributed by atoms with Crippen LogP contribution in [0.1, 0.15) is 18.4 Å². The fourth-order valence-electron chi connectivity index (χ4n) is 5.19. The second kappa shape index (κ2) is 10.9. The Kier molecular flexibility index (Phi) is 6.74. The number of aromatic nitrogens is 6. The summed E-state index contributed by atoms with van der Waals surface area (Å²) in [7, 11) is 3.62. The lowest BCUT2D eigenvalue weighted by molar-refractivity contribution is -0.117. The molecule has 12 nitrogen and oxygen atoms in total. The summed E-state index contributed by atoms with van der Waals surface area (Å²) in [5.41, 5.74) is 4.19. The number of nitrogens with one attached hydrogen (secondary N) is 1. The summed E-state index contributed by atoms with van der Waals surface area (Å²) in [6, 6.07) is 13.8. The van der Waals surface area contributed by atoms with Crippen LogP contribution in [-0.4, -0.2) is 76.1 Å². The van der Waals surface area contributed by atoms with Gasteiger partial charge in [0.1, 0.15) is 11.3 Å². The minimum absolute atomic E-state index is 0.0300. The van der Waals surface area contributed by atoms with Crippen molar-refractivity contribution in [2.45, 2.75) is 19.4 Å². The topological polar surface area (TPSA) is 123 Å². The van der Waals surface area contributed by atoms with Crippen molar-refractivity contribution in [3.63, 3.8) is 0 Å². The highest BCUT2D eigenvalue weighted by atomic mass is 16.5. The Hall–Kier alpha value is -4.84. The van der Waals surface area contributed by atoms with E-state index in [2.05, 4.69) is 26.5 Å². The number of hydrogen-bond donors (Lipinski definition) is 1. The maximum Gasteiger partial charge on any atom is 0.228 e. The van der Waals surface area contributed by atoms with E-state index in [9.17, 15) is 4.79 Å². The van der Waals surface area contributed by atoms with Crippen molar-refractivity contribution in [2.75, 3.05) is 55.6 Å². The van der Waals surface area contributed by atoms with Gasteiger partial charge in [-0.2, -0.15) is 0 Å². The molecule has 1 aliphatic carbocycles. The normalized spacial score (nSPS) is 15.2. The molecule has 4 aromatic heterocycles. The number of methoxy groups -OCH3 is 1. The molecular formula is C30H31N9O3. The van der Waals surface area contributed by atoms with Crippen LogP contribution in [0.15, 0.2) is 54.9 Å². The number of hydrogen-bond acceptors (Lipinski definition) is 10. The van der Waals surface area contributed by atoms with Crippen molar-refractivity contribution >= 4 is 39.8 Å². The highest BCUT2D eigenvalue weighted by molar-refractivity contribution is 6.01. The SMILES string of the molecule is COc1ccc(CN(C)c2ncc(-c3nc4ccc(N5CCOCC5)cn4n3)c3cc(NC(=O)C4CC4)nnc23)cc1. The summed E-state index contributed by atoms with van der Waals surface area (Å²) in [5.74, 6) is 2.40. The van der Waals surface area contributed by atoms with Crippen molar-refractivity contribution in [1.82, 2.24) is 29.8 Å². The van der Waals surface area contributed by atoms with Gasteiger partial charge in [-0.3, -0.25) is 4.79 Å². The van der Waals surface area contributed by atoms with Gasteiger partial charge in [0.2, 0.25) is 5.91 Å². The lowest BCUT2D eigenvalue weighted by atomic mass is 10.1. The van der Waals surface area contributed by atoms with Crippen molar-refractivity contribution < 1.29 is 14.3 Å². The third kappa shape index (κ3) is 5.16. The average Bonchev–Trinajstić information content (AvgIpc) is 3.80. The number of carbonyl (C=O) groups excluding carboxylic acids is 1. The Morgan fingerprint density at radius 2 is 1.93 bits per heavy atom. The number of pyridine rings is 2. The molecule has 2 fully saturated rings. The van der Waals surface area contributed by atoms with Crippen molar-refractivity contribution in [1.29, 1.82) is 0 Å². The fraction of sp³-hybridized carbons (Fsp3) is 0.333. The minimum Gasteiger partial charge on any atom is -0.497 e. The Morgan fingerprint density at radius 1 is 1.12 bits per heavy atom. The number of amides is 1. The van der Waals surface area contributed by atoms with Gasteiger partial charge in [-0.25, -0.2) is 14.5 Å². The van der Waals surface area contributed by atoms with Gasteiger partial charge in [0.15, 0.2) is 23.1 Å².